The Kier molecular flexibility index (Phi) is 5.47. The molecule has 0 aliphatic carbocycles. The summed E-state index contributed by atoms with van der Waals surface area (Å²) in [5, 5.41) is 5.24. The second-order valence-corrected chi connectivity index (χ2v) is 7.37. The number of rotatable bonds is 7. The van der Waals surface area contributed by atoms with Gasteiger partial charge >= 0.3 is 0 Å². The summed E-state index contributed by atoms with van der Waals surface area (Å²) >= 11 is 0. The van der Waals surface area contributed by atoms with Crippen LogP contribution in [0.25, 0.3) is 21.8 Å². The van der Waals surface area contributed by atoms with Crippen molar-refractivity contribution in [2.24, 2.45) is 5.92 Å². The van der Waals surface area contributed by atoms with E-state index in [-0.39, 0.29) is 11.8 Å². The van der Waals surface area contributed by atoms with Crippen LogP contribution in [-0.2, 0) is 17.9 Å². The maximum atomic E-state index is 12.0. The molecule has 0 saturated heterocycles. The van der Waals surface area contributed by atoms with Gasteiger partial charge < -0.3 is 14.6 Å². The third kappa shape index (κ3) is 4.09. The van der Waals surface area contributed by atoms with Crippen LogP contribution in [0.1, 0.15) is 19.7 Å². The number of ether oxygens (including phenoxy) is 1. The fourth-order valence-corrected chi connectivity index (χ4v) is 3.45. The average Bonchev–Trinajstić information content (AvgIpc) is 3.09. The van der Waals surface area contributed by atoms with E-state index >= 15 is 0 Å². The smallest absolute Gasteiger partial charge is 0.222 e. The van der Waals surface area contributed by atoms with Crippen molar-refractivity contribution in [1.29, 1.82) is 0 Å². The molecule has 0 unspecified atom stereocenters. The molecule has 148 valence electrons. The van der Waals surface area contributed by atoms with Crippen LogP contribution in [0.2, 0.25) is 0 Å². The van der Waals surface area contributed by atoms with Crippen molar-refractivity contribution < 1.29 is 9.53 Å². The van der Waals surface area contributed by atoms with Crippen molar-refractivity contribution in [3.8, 4) is 5.75 Å². The topological polar surface area (TPSA) is 56.2 Å². The molecular weight excluding hydrogens is 362 g/mol. The lowest BCUT2D eigenvalue weighted by molar-refractivity contribution is -0.124. The van der Waals surface area contributed by atoms with Crippen LogP contribution in [0.3, 0.4) is 0 Å². The highest BCUT2D eigenvalue weighted by Crippen LogP contribution is 2.25. The normalized spacial score (nSPS) is 11.3. The minimum absolute atomic E-state index is 0.0237. The molecule has 0 atom stereocenters. The monoisotopic (exact) mass is 387 g/mol. The van der Waals surface area contributed by atoms with Crippen LogP contribution >= 0.6 is 0 Å². The Labute approximate surface area is 170 Å². The van der Waals surface area contributed by atoms with E-state index in [0.717, 1.165) is 33.4 Å². The molecule has 5 nitrogen and oxygen atoms in total. The standard InChI is InChI=1S/C24H25N3O2/c1-17(2)24(28)25-16-23-26-20-11-5-6-12-21(20)27(23)14-15-29-22-13-7-9-18-8-3-4-10-19(18)22/h3-13,17H,14-16H2,1-2H3,(H,25,28). The molecule has 0 aliphatic rings. The Bertz CT molecular complexity index is 1140. The molecule has 3 aromatic carbocycles. The molecule has 29 heavy (non-hydrogen) atoms. The SMILES string of the molecule is CC(C)C(=O)NCc1nc2ccccc2n1CCOc1cccc2ccccc12. The van der Waals surface area contributed by atoms with Crippen molar-refractivity contribution in [3.05, 3.63) is 72.6 Å². The molecular formula is C24H25N3O2. The average molecular weight is 387 g/mol. The fourth-order valence-electron chi connectivity index (χ4n) is 3.45. The number of para-hydroxylation sites is 2. The first-order valence-corrected chi connectivity index (χ1v) is 9.96. The maximum absolute atomic E-state index is 12.0. The van der Waals surface area contributed by atoms with Crippen molar-refractivity contribution in [2.45, 2.75) is 26.9 Å². The summed E-state index contributed by atoms with van der Waals surface area (Å²) in [5.41, 5.74) is 1.97. The van der Waals surface area contributed by atoms with Crippen LogP contribution in [0, 0.1) is 5.92 Å². The highest BCUT2D eigenvalue weighted by molar-refractivity contribution is 5.88. The molecule has 1 N–H and O–H groups in total. The van der Waals surface area contributed by atoms with Gasteiger partial charge in [0.15, 0.2) is 0 Å². The highest BCUT2D eigenvalue weighted by Gasteiger charge is 2.13. The Morgan fingerprint density at radius 1 is 1.03 bits per heavy atom. The number of imidazole rings is 1. The molecule has 5 heteroatoms. The summed E-state index contributed by atoms with van der Waals surface area (Å²) in [4.78, 5) is 16.7. The van der Waals surface area contributed by atoms with E-state index in [1.807, 2.05) is 62.4 Å². The van der Waals surface area contributed by atoms with E-state index in [4.69, 9.17) is 9.72 Å². The summed E-state index contributed by atoms with van der Waals surface area (Å²) in [6.07, 6.45) is 0. The second kappa shape index (κ2) is 8.35. The first-order chi connectivity index (χ1) is 14.1. The lowest BCUT2D eigenvalue weighted by Crippen LogP contribution is -2.28. The van der Waals surface area contributed by atoms with Gasteiger partial charge in [-0.3, -0.25) is 4.79 Å². The number of hydrogen-bond acceptors (Lipinski definition) is 3. The van der Waals surface area contributed by atoms with E-state index in [0.29, 0.717) is 19.7 Å². The van der Waals surface area contributed by atoms with Gasteiger partial charge in [-0.15, -0.1) is 0 Å². The Balaban J connectivity index is 1.53. The van der Waals surface area contributed by atoms with Gasteiger partial charge in [0.1, 0.15) is 18.2 Å². The van der Waals surface area contributed by atoms with E-state index in [2.05, 4.69) is 28.1 Å². The predicted octanol–water partition coefficient (Wildman–Crippen LogP) is 4.54. The van der Waals surface area contributed by atoms with Gasteiger partial charge in [0.05, 0.1) is 24.1 Å². The number of carbonyl (C=O) groups excluding carboxylic acids is 1. The summed E-state index contributed by atoms with van der Waals surface area (Å²) < 4.78 is 8.25. The number of fused-ring (bicyclic) bond motifs is 2. The minimum atomic E-state index is -0.0532. The molecule has 4 rings (SSSR count). The van der Waals surface area contributed by atoms with Gasteiger partial charge in [-0.05, 0) is 23.6 Å². The number of carbonyl (C=O) groups is 1. The lowest BCUT2D eigenvalue weighted by atomic mass is 10.1. The first-order valence-electron chi connectivity index (χ1n) is 9.96. The summed E-state index contributed by atoms with van der Waals surface area (Å²) in [6, 6.07) is 22.3. The fraction of sp³-hybridized carbons (Fsp3) is 0.250. The van der Waals surface area contributed by atoms with Gasteiger partial charge in [-0.2, -0.15) is 0 Å². The van der Waals surface area contributed by atoms with E-state index in [1.165, 1.54) is 0 Å². The van der Waals surface area contributed by atoms with Gasteiger partial charge in [0.25, 0.3) is 0 Å². The summed E-state index contributed by atoms with van der Waals surface area (Å²) in [5.74, 6) is 1.68. The van der Waals surface area contributed by atoms with Crippen LogP contribution in [0.4, 0.5) is 0 Å². The van der Waals surface area contributed by atoms with Crippen molar-refractivity contribution in [3.63, 3.8) is 0 Å². The number of amides is 1. The van der Waals surface area contributed by atoms with Crippen LogP contribution in [-0.4, -0.2) is 22.1 Å². The largest absolute Gasteiger partial charge is 0.491 e. The van der Waals surface area contributed by atoms with Gasteiger partial charge in [0, 0.05) is 11.3 Å². The van der Waals surface area contributed by atoms with Crippen molar-refractivity contribution >= 4 is 27.7 Å². The molecule has 0 spiro atoms. The quantitative estimate of drug-likeness (QED) is 0.506. The summed E-state index contributed by atoms with van der Waals surface area (Å²) in [6.45, 7) is 5.34. The zero-order valence-electron chi connectivity index (χ0n) is 16.8. The van der Waals surface area contributed by atoms with E-state index < -0.39 is 0 Å². The van der Waals surface area contributed by atoms with Gasteiger partial charge in [-0.1, -0.05) is 62.4 Å². The van der Waals surface area contributed by atoms with Crippen LogP contribution < -0.4 is 10.1 Å². The predicted molar refractivity (Wildman–Crippen MR) is 116 cm³/mol. The van der Waals surface area contributed by atoms with Crippen LogP contribution in [0.5, 0.6) is 5.75 Å². The zero-order chi connectivity index (χ0) is 20.2. The minimum Gasteiger partial charge on any atom is -0.491 e. The Hall–Kier alpha value is -3.34. The zero-order valence-corrected chi connectivity index (χ0v) is 16.8. The molecule has 1 aromatic heterocycles. The van der Waals surface area contributed by atoms with Gasteiger partial charge in [-0.25, -0.2) is 4.98 Å². The van der Waals surface area contributed by atoms with Gasteiger partial charge in [0.2, 0.25) is 5.91 Å². The number of hydrogen-bond donors (Lipinski definition) is 1. The molecule has 4 aromatic rings. The molecule has 0 aliphatic heterocycles. The maximum Gasteiger partial charge on any atom is 0.222 e. The number of aromatic nitrogens is 2. The molecule has 0 fully saturated rings. The Morgan fingerprint density at radius 2 is 1.79 bits per heavy atom. The highest BCUT2D eigenvalue weighted by atomic mass is 16.5. The molecule has 1 amide bonds. The van der Waals surface area contributed by atoms with Crippen molar-refractivity contribution in [2.75, 3.05) is 6.61 Å². The Morgan fingerprint density at radius 3 is 2.66 bits per heavy atom. The first kappa shape index (κ1) is 19.0. The molecule has 0 saturated carbocycles. The molecule has 0 radical (unpaired) electrons. The summed E-state index contributed by atoms with van der Waals surface area (Å²) in [7, 11) is 0. The second-order valence-electron chi connectivity index (χ2n) is 7.37. The van der Waals surface area contributed by atoms with Crippen molar-refractivity contribution in [1.82, 2.24) is 14.9 Å². The molecule has 0 bridgehead atoms. The lowest BCUT2D eigenvalue weighted by Gasteiger charge is -2.13. The third-order valence-corrected chi connectivity index (χ3v) is 5.00. The van der Waals surface area contributed by atoms with E-state index in [1.54, 1.807) is 0 Å². The van der Waals surface area contributed by atoms with E-state index in [9.17, 15) is 4.79 Å². The number of nitrogens with zero attached hydrogens (tertiary/aromatic N) is 2. The number of nitrogens with one attached hydrogen (secondary N) is 1. The number of benzene rings is 3. The molecule has 1 heterocycles. The van der Waals surface area contributed by atoms with Crippen LogP contribution in [0.15, 0.2) is 66.7 Å². The third-order valence-electron chi connectivity index (χ3n) is 5.00.